The maximum Gasteiger partial charge on any atom is 0.494 e. The first-order valence-electron chi connectivity index (χ1n) is 7.67. The van der Waals surface area contributed by atoms with Gasteiger partial charge in [0.05, 0.1) is 28.0 Å². The predicted octanol–water partition coefficient (Wildman–Crippen LogP) is 2.77. The van der Waals surface area contributed by atoms with E-state index in [9.17, 15) is 4.79 Å². The van der Waals surface area contributed by atoms with Crippen molar-refractivity contribution in [2.24, 2.45) is 0 Å². The molecule has 7 heteroatoms. The molecule has 1 aliphatic heterocycles. The molecule has 3 rings (SSSR count). The second-order valence-electron chi connectivity index (χ2n) is 6.55. The number of ether oxygens (including phenoxy) is 1. The highest BCUT2D eigenvalue weighted by Crippen LogP contribution is 2.36. The molecule has 1 saturated heterocycles. The van der Waals surface area contributed by atoms with Crippen LogP contribution in [0.4, 0.5) is 0 Å². The topological polar surface area (TPSA) is 57.7 Å². The molecule has 5 nitrogen and oxygen atoms in total. The first-order valence-corrected chi connectivity index (χ1v) is 8.48. The van der Waals surface area contributed by atoms with E-state index in [2.05, 4.69) is 4.98 Å². The fourth-order valence-corrected chi connectivity index (χ4v) is 3.25. The molecular weight excluding hydrogens is 313 g/mol. The van der Waals surface area contributed by atoms with Crippen LogP contribution in [0.5, 0.6) is 0 Å². The van der Waals surface area contributed by atoms with Crippen molar-refractivity contribution in [2.75, 3.05) is 6.61 Å². The number of nitrogens with zero attached hydrogens (tertiary/aromatic N) is 1. The normalized spacial score (nSPS) is 19.3. The van der Waals surface area contributed by atoms with Gasteiger partial charge in [-0.1, -0.05) is 6.07 Å². The van der Waals surface area contributed by atoms with Crippen molar-refractivity contribution in [1.29, 1.82) is 0 Å². The molecule has 0 saturated carbocycles. The third kappa shape index (κ3) is 2.89. The summed E-state index contributed by atoms with van der Waals surface area (Å²) in [5.74, 6) is -0.383. The molecule has 0 N–H and O–H groups in total. The molecule has 1 aromatic carbocycles. The number of hydrogen-bond donors (Lipinski definition) is 0. The number of carbonyl (C=O) groups excluding carboxylic acids is 1. The molecule has 0 spiro atoms. The summed E-state index contributed by atoms with van der Waals surface area (Å²) in [5.41, 5.74) is 0.945. The molecule has 0 aliphatic carbocycles. The zero-order valence-corrected chi connectivity index (χ0v) is 14.8. The van der Waals surface area contributed by atoms with E-state index in [0.29, 0.717) is 11.6 Å². The summed E-state index contributed by atoms with van der Waals surface area (Å²) in [4.78, 5) is 16.1. The Hall–Kier alpha value is -1.44. The van der Waals surface area contributed by atoms with Crippen molar-refractivity contribution in [2.45, 2.75) is 45.8 Å². The van der Waals surface area contributed by atoms with Gasteiger partial charge < -0.3 is 14.0 Å². The van der Waals surface area contributed by atoms with Crippen molar-refractivity contribution in [3.8, 4) is 0 Å². The summed E-state index contributed by atoms with van der Waals surface area (Å²) in [6.07, 6.45) is 0. The fraction of sp³-hybridized carbons (Fsp3) is 0.500. The Labute approximate surface area is 140 Å². The Morgan fingerprint density at radius 3 is 2.52 bits per heavy atom. The highest BCUT2D eigenvalue weighted by Gasteiger charge is 2.51. The first kappa shape index (κ1) is 16.4. The van der Waals surface area contributed by atoms with Crippen LogP contribution >= 0.6 is 11.3 Å². The second kappa shape index (κ2) is 5.58. The molecule has 1 aliphatic rings. The molecule has 2 aromatic rings. The quantitative estimate of drug-likeness (QED) is 0.639. The van der Waals surface area contributed by atoms with Gasteiger partial charge in [-0.25, -0.2) is 9.78 Å². The van der Waals surface area contributed by atoms with E-state index in [1.165, 1.54) is 11.3 Å². The lowest BCUT2D eigenvalue weighted by Gasteiger charge is -2.32. The predicted molar refractivity (Wildman–Crippen MR) is 91.3 cm³/mol. The molecular formula is C16H20BNO4S. The molecule has 2 heterocycles. The second-order valence-corrected chi connectivity index (χ2v) is 7.59. The number of carbonyl (C=O) groups is 1. The third-order valence-corrected chi connectivity index (χ3v) is 5.39. The highest BCUT2D eigenvalue weighted by atomic mass is 32.1. The Kier molecular flexibility index (Phi) is 3.98. The number of rotatable bonds is 3. The molecule has 0 radical (unpaired) electrons. The first-order chi connectivity index (χ1) is 10.7. The fourth-order valence-electron chi connectivity index (χ4n) is 2.35. The van der Waals surface area contributed by atoms with Crippen LogP contribution in [-0.4, -0.2) is 35.9 Å². The number of esters is 1. The van der Waals surface area contributed by atoms with E-state index < -0.39 is 7.12 Å². The average molecular weight is 333 g/mol. The SMILES string of the molecule is CCOC(=O)c1nc2ccc(B3OC(C)(C)C(C)(C)O3)cc2s1. The van der Waals surface area contributed by atoms with Crippen LogP contribution in [0.1, 0.15) is 44.4 Å². The van der Waals surface area contributed by atoms with Crippen LogP contribution in [0, 0.1) is 0 Å². The van der Waals surface area contributed by atoms with Crippen LogP contribution in [0.2, 0.25) is 0 Å². The average Bonchev–Trinajstić information content (AvgIpc) is 2.97. The number of aromatic nitrogens is 1. The van der Waals surface area contributed by atoms with Crippen molar-refractivity contribution < 1.29 is 18.8 Å². The molecule has 0 atom stereocenters. The van der Waals surface area contributed by atoms with Gasteiger partial charge in [0.2, 0.25) is 5.01 Å². The lowest BCUT2D eigenvalue weighted by molar-refractivity contribution is 0.00578. The van der Waals surface area contributed by atoms with Gasteiger partial charge in [-0.3, -0.25) is 0 Å². The number of thiazole rings is 1. The largest absolute Gasteiger partial charge is 0.494 e. The monoisotopic (exact) mass is 333 g/mol. The summed E-state index contributed by atoms with van der Waals surface area (Å²) in [5, 5.41) is 0.368. The van der Waals surface area contributed by atoms with Gasteiger partial charge in [0.15, 0.2) is 0 Å². The number of benzene rings is 1. The molecule has 23 heavy (non-hydrogen) atoms. The van der Waals surface area contributed by atoms with Crippen molar-refractivity contribution >= 4 is 40.1 Å². The minimum Gasteiger partial charge on any atom is -0.461 e. The van der Waals surface area contributed by atoms with Crippen LogP contribution in [0.25, 0.3) is 10.2 Å². The van der Waals surface area contributed by atoms with E-state index in [-0.39, 0.29) is 17.2 Å². The van der Waals surface area contributed by atoms with Crippen LogP contribution in [-0.2, 0) is 14.0 Å². The summed E-state index contributed by atoms with van der Waals surface area (Å²) in [6.45, 7) is 10.2. The summed E-state index contributed by atoms with van der Waals surface area (Å²) >= 11 is 1.32. The Bertz CT molecular complexity index is 740. The maximum absolute atomic E-state index is 11.8. The number of fused-ring (bicyclic) bond motifs is 1. The molecule has 122 valence electrons. The Morgan fingerprint density at radius 2 is 1.91 bits per heavy atom. The third-order valence-electron chi connectivity index (χ3n) is 4.39. The Balaban J connectivity index is 1.91. The van der Waals surface area contributed by atoms with E-state index in [4.69, 9.17) is 14.0 Å². The van der Waals surface area contributed by atoms with Gasteiger partial charge in [-0.2, -0.15) is 0 Å². The van der Waals surface area contributed by atoms with E-state index in [1.807, 2.05) is 45.9 Å². The zero-order chi connectivity index (χ0) is 16.8. The molecule has 0 amide bonds. The highest BCUT2D eigenvalue weighted by molar-refractivity contribution is 7.20. The van der Waals surface area contributed by atoms with Crippen LogP contribution in [0.3, 0.4) is 0 Å². The lowest BCUT2D eigenvalue weighted by atomic mass is 9.79. The maximum atomic E-state index is 11.8. The molecule has 0 bridgehead atoms. The zero-order valence-electron chi connectivity index (χ0n) is 14.0. The lowest BCUT2D eigenvalue weighted by Crippen LogP contribution is -2.41. The summed E-state index contributed by atoms with van der Waals surface area (Å²) in [6, 6.07) is 5.78. The standard InChI is InChI=1S/C16H20BNO4S/c1-6-20-14(19)13-18-11-8-7-10(9-12(11)23-13)17-21-15(2,3)16(4,5)22-17/h7-9H,6H2,1-5H3. The Morgan fingerprint density at radius 1 is 1.26 bits per heavy atom. The van der Waals surface area contributed by atoms with Gasteiger partial charge in [-0.05, 0) is 52.2 Å². The van der Waals surface area contributed by atoms with E-state index >= 15 is 0 Å². The van der Waals surface area contributed by atoms with Gasteiger partial charge in [0, 0.05) is 0 Å². The molecule has 1 fully saturated rings. The number of hydrogen-bond acceptors (Lipinski definition) is 6. The van der Waals surface area contributed by atoms with Crippen molar-refractivity contribution in [1.82, 2.24) is 4.98 Å². The summed E-state index contributed by atoms with van der Waals surface area (Å²) < 4.78 is 18.0. The van der Waals surface area contributed by atoms with Crippen LogP contribution < -0.4 is 5.46 Å². The van der Waals surface area contributed by atoms with Gasteiger partial charge in [-0.15, -0.1) is 11.3 Å². The van der Waals surface area contributed by atoms with Crippen LogP contribution in [0.15, 0.2) is 18.2 Å². The molecule has 1 aromatic heterocycles. The summed E-state index contributed by atoms with van der Waals surface area (Å²) in [7, 11) is -0.419. The van der Waals surface area contributed by atoms with Gasteiger partial charge >= 0.3 is 13.1 Å². The minimum atomic E-state index is -0.419. The van der Waals surface area contributed by atoms with E-state index in [0.717, 1.165) is 15.7 Å². The smallest absolute Gasteiger partial charge is 0.461 e. The van der Waals surface area contributed by atoms with E-state index in [1.54, 1.807) is 6.92 Å². The van der Waals surface area contributed by atoms with Gasteiger partial charge in [0.1, 0.15) is 0 Å². The van der Waals surface area contributed by atoms with Crippen molar-refractivity contribution in [3.63, 3.8) is 0 Å². The van der Waals surface area contributed by atoms with Crippen molar-refractivity contribution in [3.05, 3.63) is 23.2 Å². The minimum absolute atomic E-state index is 0.341. The van der Waals surface area contributed by atoms with Gasteiger partial charge in [0.25, 0.3) is 0 Å². The molecule has 0 unspecified atom stereocenters.